The molecule has 1 heterocycles. The molecule has 0 aliphatic rings. The van der Waals surface area contributed by atoms with Crippen LogP contribution in [0.2, 0.25) is 0 Å². The van der Waals surface area contributed by atoms with Crippen molar-refractivity contribution < 1.29 is 0 Å². The van der Waals surface area contributed by atoms with E-state index in [0.717, 1.165) is 24.3 Å². The van der Waals surface area contributed by atoms with E-state index >= 15 is 0 Å². The molecular weight excluding hydrogens is 234 g/mol. The zero-order valence-electron chi connectivity index (χ0n) is 11.6. The lowest BCUT2D eigenvalue weighted by atomic mass is 10.1. The lowest BCUT2D eigenvalue weighted by molar-refractivity contribution is 0.852. The Balaban J connectivity index is 2.02. The second kappa shape index (κ2) is 6.34. The van der Waals surface area contributed by atoms with Crippen LogP contribution in [0.15, 0.2) is 42.6 Å². The highest BCUT2D eigenvalue weighted by Crippen LogP contribution is 2.17. The van der Waals surface area contributed by atoms with Gasteiger partial charge < -0.3 is 10.6 Å². The standard InChI is InChI=1S/C16H21N3/c1-13-10-15(11-17)12-18-16(13)19(2)9-8-14-6-4-3-5-7-14/h3-7,10,12H,8-9,11,17H2,1-2H3. The van der Waals surface area contributed by atoms with Gasteiger partial charge in [0.05, 0.1) is 0 Å². The Kier molecular flexibility index (Phi) is 4.53. The molecule has 2 rings (SSSR count). The molecule has 0 aliphatic heterocycles. The Morgan fingerprint density at radius 2 is 1.89 bits per heavy atom. The average molecular weight is 255 g/mol. The number of likely N-dealkylation sites (N-methyl/N-ethyl adjacent to an activating group) is 1. The summed E-state index contributed by atoms with van der Waals surface area (Å²) in [7, 11) is 2.08. The highest BCUT2D eigenvalue weighted by atomic mass is 15.2. The van der Waals surface area contributed by atoms with Crippen LogP contribution >= 0.6 is 0 Å². The molecule has 0 spiro atoms. The third-order valence-corrected chi connectivity index (χ3v) is 3.28. The van der Waals surface area contributed by atoms with Crippen LogP contribution in [0.3, 0.4) is 0 Å². The van der Waals surface area contributed by atoms with E-state index in [-0.39, 0.29) is 0 Å². The summed E-state index contributed by atoms with van der Waals surface area (Å²) < 4.78 is 0. The number of aryl methyl sites for hydroxylation is 1. The monoisotopic (exact) mass is 255 g/mol. The molecule has 0 bridgehead atoms. The number of hydrogen-bond donors (Lipinski definition) is 1. The Labute approximate surface area is 115 Å². The maximum Gasteiger partial charge on any atom is 0.131 e. The van der Waals surface area contributed by atoms with Crippen LogP contribution < -0.4 is 10.6 Å². The van der Waals surface area contributed by atoms with Gasteiger partial charge in [0.25, 0.3) is 0 Å². The van der Waals surface area contributed by atoms with E-state index in [1.165, 1.54) is 11.1 Å². The largest absolute Gasteiger partial charge is 0.359 e. The van der Waals surface area contributed by atoms with Crippen molar-refractivity contribution in [3.63, 3.8) is 0 Å². The van der Waals surface area contributed by atoms with Gasteiger partial charge in [0.1, 0.15) is 5.82 Å². The number of nitrogens with two attached hydrogens (primary N) is 1. The van der Waals surface area contributed by atoms with Crippen LogP contribution in [-0.4, -0.2) is 18.6 Å². The van der Waals surface area contributed by atoms with Crippen LogP contribution in [0.1, 0.15) is 16.7 Å². The fraction of sp³-hybridized carbons (Fsp3) is 0.312. The second-order valence-electron chi connectivity index (χ2n) is 4.85. The maximum atomic E-state index is 5.63. The van der Waals surface area contributed by atoms with E-state index in [4.69, 9.17) is 5.73 Å². The molecule has 0 atom stereocenters. The van der Waals surface area contributed by atoms with Crippen molar-refractivity contribution in [2.75, 3.05) is 18.5 Å². The van der Waals surface area contributed by atoms with Gasteiger partial charge in [-0.1, -0.05) is 30.3 Å². The van der Waals surface area contributed by atoms with Crippen molar-refractivity contribution in [2.45, 2.75) is 19.9 Å². The molecule has 0 unspecified atom stereocenters. The molecule has 0 amide bonds. The van der Waals surface area contributed by atoms with E-state index in [9.17, 15) is 0 Å². The first-order chi connectivity index (χ1) is 9.20. The van der Waals surface area contributed by atoms with Gasteiger partial charge in [-0.25, -0.2) is 4.98 Å². The van der Waals surface area contributed by atoms with Gasteiger partial charge in [-0.3, -0.25) is 0 Å². The van der Waals surface area contributed by atoms with Crippen LogP contribution in [-0.2, 0) is 13.0 Å². The SMILES string of the molecule is Cc1cc(CN)cnc1N(C)CCc1ccccc1. The number of nitrogens with zero attached hydrogens (tertiary/aromatic N) is 2. The molecule has 0 radical (unpaired) electrons. The summed E-state index contributed by atoms with van der Waals surface area (Å²) in [6.45, 7) is 3.59. The van der Waals surface area contributed by atoms with Crippen molar-refractivity contribution in [1.29, 1.82) is 0 Å². The van der Waals surface area contributed by atoms with E-state index in [1.807, 2.05) is 12.3 Å². The molecule has 3 nitrogen and oxygen atoms in total. The van der Waals surface area contributed by atoms with Gasteiger partial charge in [0.15, 0.2) is 0 Å². The topological polar surface area (TPSA) is 42.1 Å². The van der Waals surface area contributed by atoms with Gasteiger partial charge in [-0.2, -0.15) is 0 Å². The van der Waals surface area contributed by atoms with Crippen LogP contribution in [0.5, 0.6) is 0 Å². The van der Waals surface area contributed by atoms with E-state index in [2.05, 4.69) is 54.2 Å². The van der Waals surface area contributed by atoms with Crippen molar-refractivity contribution in [2.24, 2.45) is 5.73 Å². The van der Waals surface area contributed by atoms with Crippen molar-refractivity contribution in [1.82, 2.24) is 4.98 Å². The van der Waals surface area contributed by atoms with Crippen molar-refractivity contribution in [3.05, 3.63) is 59.3 Å². The van der Waals surface area contributed by atoms with Gasteiger partial charge in [0, 0.05) is 26.3 Å². The number of hydrogen-bond acceptors (Lipinski definition) is 3. The summed E-state index contributed by atoms with van der Waals surface area (Å²) in [5.74, 6) is 1.04. The quantitative estimate of drug-likeness (QED) is 0.892. The molecular formula is C16H21N3. The average Bonchev–Trinajstić information content (AvgIpc) is 2.45. The molecule has 0 aliphatic carbocycles. The van der Waals surface area contributed by atoms with Crippen LogP contribution in [0.4, 0.5) is 5.82 Å². The summed E-state index contributed by atoms with van der Waals surface area (Å²) in [6.07, 6.45) is 2.89. The highest BCUT2D eigenvalue weighted by Gasteiger charge is 2.07. The first-order valence-electron chi connectivity index (χ1n) is 6.61. The minimum atomic E-state index is 0.544. The molecule has 2 N–H and O–H groups in total. The molecule has 3 heteroatoms. The summed E-state index contributed by atoms with van der Waals surface area (Å²) in [5, 5.41) is 0. The molecule has 1 aromatic heterocycles. The smallest absolute Gasteiger partial charge is 0.131 e. The predicted octanol–water partition coefficient (Wildman–Crippen LogP) is 2.53. The molecule has 19 heavy (non-hydrogen) atoms. The summed E-state index contributed by atoms with van der Waals surface area (Å²) in [5.41, 5.74) is 9.24. The Bertz CT molecular complexity index is 523. The molecule has 100 valence electrons. The molecule has 0 saturated carbocycles. The highest BCUT2D eigenvalue weighted by molar-refractivity contribution is 5.46. The lowest BCUT2D eigenvalue weighted by Gasteiger charge is -2.20. The number of pyridine rings is 1. The van der Waals surface area contributed by atoms with Gasteiger partial charge in [-0.15, -0.1) is 0 Å². The van der Waals surface area contributed by atoms with Crippen molar-refractivity contribution >= 4 is 5.82 Å². The van der Waals surface area contributed by atoms with E-state index in [0.29, 0.717) is 6.54 Å². The minimum Gasteiger partial charge on any atom is -0.359 e. The molecule has 2 aromatic rings. The zero-order valence-corrected chi connectivity index (χ0v) is 11.6. The maximum absolute atomic E-state index is 5.63. The molecule has 0 saturated heterocycles. The fourth-order valence-electron chi connectivity index (χ4n) is 2.18. The summed E-state index contributed by atoms with van der Waals surface area (Å²) in [6, 6.07) is 12.6. The summed E-state index contributed by atoms with van der Waals surface area (Å²) in [4.78, 5) is 6.70. The third kappa shape index (κ3) is 3.55. The minimum absolute atomic E-state index is 0.544. The Morgan fingerprint density at radius 1 is 1.16 bits per heavy atom. The molecule has 0 fully saturated rings. The van der Waals surface area contributed by atoms with Crippen LogP contribution in [0.25, 0.3) is 0 Å². The zero-order chi connectivity index (χ0) is 13.7. The predicted molar refractivity (Wildman–Crippen MR) is 80.3 cm³/mol. The first kappa shape index (κ1) is 13.6. The number of benzene rings is 1. The number of aromatic nitrogens is 1. The normalized spacial score (nSPS) is 10.5. The van der Waals surface area contributed by atoms with E-state index < -0.39 is 0 Å². The Morgan fingerprint density at radius 3 is 2.53 bits per heavy atom. The fourth-order valence-corrected chi connectivity index (χ4v) is 2.18. The lowest BCUT2D eigenvalue weighted by Crippen LogP contribution is -2.22. The Hall–Kier alpha value is -1.87. The van der Waals surface area contributed by atoms with Gasteiger partial charge >= 0.3 is 0 Å². The first-order valence-corrected chi connectivity index (χ1v) is 6.61. The molecule has 1 aromatic carbocycles. The summed E-state index contributed by atoms with van der Waals surface area (Å²) >= 11 is 0. The van der Waals surface area contributed by atoms with Gasteiger partial charge in [-0.05, 0) is 36.1 Å². The third-order valence-electron chi connectivity index (χ3n) is 3.28. The van der Waals surface area contributed by atoms with Gasteiger partial charge in [0.2, 0.25) is 0 Å². The number of rotatable bonds is 5. The second-order valence-corrected chi connectivity index (χ2v) is 4.85. The number of anilines is 1. The van der Waals surface area contributed by atoms with E-state index in [1.54, 1.807) is 0 Å². The van der Waals surface area contributed by atoms with Crippen molar-refractivity contribution in [3.8, 4) is 0 Å². The van der Waals surface area contributed by atoms with Crippen LogP contribution in [0, 0.1) is 6.92 Å².